The molecular formula is C22H25N3O3. The van der Waals surface area contributed by atoms with Crippen molar-refractivity contribution in [3.05, 3.63) is 66.0 Å². The van der Waals surface area contributed by atoms with Gasteiger partial charge in [-0.15, -0.1) is 0 Å². The molecule has 0 fully saturated rings. The smallest absolute Gasteiger partial charge is 0.262 e. The Hall–Kier alpha value is -3.28. The lowest BCUT2D eigenvalue weighted by Crippen LogP contribution is -2.21. The van der Waals surface area contributed by atoms with Gasteiger partial charge in [0, 0.05) is 0 Å². The van der Waals surface area contributed by atoms with Crippen molar-refractivity contribution in [2.45, 2.75) is 27.2 Å². The number of aromatic nitrogens is 2. The van der Waals surface area contributed by atoms with Gasteiger partial charge in [0.25, 0.3) is 5.91 Å². The molecule has 146 valence electrons. The van der Waals surface area contributed by atoms with Crippen LogP contribution in [0.15, 0.2) is 54.6 Å². The summed E-state index contributed by atoms with van der Waals surface area (Å²) >= 11 is 0. The molecule has 0 unspecified atom stereocenters. The molecule has 1 aromatic heterocycles. The molecule has 0 saturated heterocycles. The monoisotopic (exact) mass is 379 g/mol. The second-order valence-electron chi connectivity index (χ2n) is 6.43. The second kappa shape index (κ2) is 9.08. The summed E-state index contributed by atoms with van der Waals surface area (Å²) in [5.41, 5.74) is 3.26. The summed E-state index contributed by atoms with van der Waals surface area (Å²) in [6.45, 7) is 6.33. The summed E-state index contributed by atoms with van der Waals surface area (Å²) in [6.07, 6.45) is 0.902. The van der Waals surface area contributed by atoms with Crippen LogP contribution in [-0.4, -0.2) is 28.9 Å². The number of benzene rings is 2. The zero-order valence-electron chi connectivity index (χ0n) is 16.4. The number of amides is 1. The average molecular weight is 379 g/mol. The van der Waals surface area contributed by atoms with E-state index in [-0.39, 0.29) is 12.5 Å². The molecule has 0 aliphatic heterocycles. The van der Waals surface area contributed by atoms with Crippen molar-refractivity contribution < 1.29 is 14.3 Å². The number of hydrogen-bond donors (Lipinski definition) is 1. The molecule has 0 radical (unpaired) electrons. The standard InChI is InChI=1S/C22H25N3O3/c1-4-14-27-19-12-8-9-13-20(19)28-15-21(26)23-22-16(2)24-25(17(22)3)18-10-6-5-7-11-18/h5-13H,4,14-15H2,1-3H3,(H,23,26). The molecule has 2 aromatic carbocycles. The number of para-hydroxylation sites is 3. The van der Waals surface area contributed by atoms with Crippen LogP contribution in [-0.2, 0) is 4.79 Å². The van der Waals surface area contributed by atoms with Crippen LogP contribution in [0.1, 0.15) is 24.7 Å². The topological polar surface area (TPSA) is 65.4 Å². The largest absolute Gasteiger partial charge is 0.490 e. The number of nitrogens with zero attached hydrogens (tertiary/aromatic N) is 2. The Kier molecular flexibility index (Phi) is 6.32. The summed E-state index contributed by atoms with van der Waals surface area (Å²) in [6, 6.07) is 17.2. The van der Waals surface area contributed by atoms with Gasteiger partial charge >= 0.3 is 0 Å². The highest BCUT2D eigenvalue weighted by Gasteiger charge is 2.16. The van der Waals surface area contributed by atoms with Crippen LogP contribution in [0.4, 0.5) is 5.69 Å². The van der Waals surface area contributed by atoms with Crippen molar-refractivity contribution in [2.75, 3.05) is 18.5 Å². The van der Waals surface area contributed by atoms with Crippen LogP contribution >= 0.6 is 0 Å². The normalized spacial score (nSPS) is 10.5. The van der Waals surface area contributed by atoms with Gasteiger partial charge in [-0.3, -0.25) is 4.79 Å². The van der Waals surface area contributed by atoms with E-state index >= 15 is 0 Å². The average Bonchev–Trinajstić information content (AvgIpc) is 3.00. The first-order chi connectivity index (χ1) is 13.6. The van der Waals surface area contributed by atoms with Crippen LogP contribution in [0.5, 0.6) is 11.5 Å². The van der Waals surface area contributed by atoms with Gasteiger partial charge < -0.3 is 14.8 Å². The Bertz CT molecular complexity index is 935. The summed E-state index contributed by atoms with van der Waals surface area (Å²) < 4.78 is 13.2. The molecule has 0 bridgehead atoms. The molecule has 0 saturated carbocycles. The molecule has 1 heterocycles. The third kappa shape index (κ3) is 4.52. The van der Waals surface area contributed by atoms with Crippen LogP contribution < -0.4 is 14.8 Å². The molecule has 3 rings (SSSR count). The van der Waals surface area contributed by atoms with Crippen LogP contribution in [0.25, 0.3) is 5.69 Å². The number of rotatable bonds is 8. The van der Waals surface area contributed by atoms with Gasteiger partial charge in [-0.25, -0.2) is 4.68 Å². The number of hydrogen-bond acceptors (Lipinski definition) is 4. The first-order valence-corrected chi connectivity index (χ1v) is 9.36. The fourth-order valence-electron chi connectivity index (χ4n) is 2.86. The number of nitrogens with one attached hydrogen (secondary N) is 1. The predicted molar refractivity (Wildman–Crippen MR) is 109 cm³/mol. The molecule has 6 nitrogen and oxygen atoms in total. The van der Waals surface area contributed by atoms with Gasteiger partial charge in [-0.1, -0.05) is 37.3 Å². The highest BCUT2D eigenvalue weighted by atomic mass is 16.5. The predicted octanol–water partition coefficient (Wildman–Crippen LogP) is 4.30. The third-order valence-corrected chi connectivity index (χ3v) is 4.23. The van der Waals surface area contributed by atoms with Gasteiger partial charge in [0.2, 0.25) is 0 Å². The lowest BCUT2D eigenvalue weighted by atomic mass is 10.3. The highest BCUT2D eigenvalue weighted by Crippen LogP contribution is 2.27. The third-order valence-electron chi connectivity index (χ3n) is 4.23. The van der Waals surface area contributed by atoms with Gasteiger partial charge in [-0.05, 0) is 44.5 Å². The Balaban J connectivity index is 1.67. The molecule has 0 aliphatic rings. The maximum Gasteiger partial charge on any atom is 0.262 e. The van der Waals surface area contributed by atoms with E-state index < -0.39 is 0 Å². The zero-order chi connectivity index (χ0) is 19.9. The first-order valence-electron chi connectivity index (χ1n) is 9.36. The van der Waals surface area contributed by atoms with E-state index in [1.165, 1.54) is 0 Å². The van der Waals surface area contributed by atoms with Crippen molar-refractivity contribution in [1.82, 2.24) is 9.78 Å². The molecular weight excluding hydrogens is 354 g/mol. The van der Waals surface area contributed by atoms with E-state index in [9.17, 15) is 4.79 Å². The molecule has 28 heavy (non-hydrogen) atoms. The van der Waals surface area contributed by atoms with Crippen LogP contribution in [0.2, 0.25) is 0 Å². The molecule has 6 heteroatoms. The molecule has 1 amide bonds. The minimum Gasteiger partial charge on any atom is -0.490 e. The van der Waals surface area contributed by atoms with Gasteiger partial charge in [0.05, 0.1) is 29.4 Å². The maximum atomic E-state index is 12.4. The van der Waals surface area contributed by atoms with E-state index in [1.807, 2.05) is 74.0 Å². The van der Waals surface area contributed by atoms with Crippen LogP contribution in [0, 0.1) is 13.8 Å². The van der Waals surface area contributed by atoms with Gasteiger partial charge in [0.1, 0.15) is 0 Å². The summed E-state index contributed by atoms with van der Waals surface area (Å²) in [5, 5.41) is 7.45. The maximum absolute atomic E-state index is 12.4. The lowest BCUT2D eigenvalue weighted by Gasteiger charge is -2.12. The molecule has 0 spiro atoms. The van der Waals surface area contributed by atoms with Crippen LogP contribution in [0.3, 0.4) is 0 Å². The number of carbonyl (C=O) groups excluding carboxylic acids is 1. The number of ether oxygens (including phenoxy) is 2. The Morgan fingerprint density at radius 3 is 2.32 bits per heavy atom. The van der Waals surface area contributed by atoms with E-state index in [1.54, 1.807) is 6.07 Å². The second-order valence-corrected chi connectivity index (χ2v) is 6.43. The fraction of sp³-hybridized carbons (Fsp3) is 0.273. The van der Waals surface area contributed by atoms with Crippen molar-refractivity contribution in [2.24, 2.45) is 0 Å². The van der Waals surface area contributed by atoms with Crippen molar-refractivity contribution in [1.29, 1.82) is 0 Å². The molecule has 0 aliphatic carbocycles. The Morgan fingerprint density at radius 1 is 1.00 bits per heavy atom. The molecule has 3 aromatic rings. The summed E-state index contributed by atoms with van der Waals surface area (Å²) in [7, 11) is 0. The minimum absolute atomic E-state index is 0.109. The van der Waals surface area contributed by atoms with E-state index in [0.717, 1.165) is 23.5 Å². The lowest BCUT2D eigenvalue weighted by molar-refractivity contribution is -0.118. The number of aryl methyl sites for hydroxylation is 1. The number of anilines is 1. The van der Waals surface area contributed by atoms with E-state index in [4.69, 9.17) is 9.47 Å². The first kappa shape index (κ1) is 19.5. The summed E-state index contributed by atoms with van der Waals surface area (Å²) in [5.74, 6) is 0.949. The van der Waals surface area contributed by atoms with E-state index in [2.05, 4.69) is 10.4 Å². The minimum atomic E-state index is -0.246. The summed E-state index contributed by atoms with van der Waals surface area (Å²) in [4.78, 5) is 12.4. The highest BCUT2D eigenvalue weighted by molar-refractivity contribution is 5.93. The number of carbonyl (C=O) groups is 1. The Labute approximate surface area is 165 Å². The Morgan fingerprint density at radius 2 is 1.64 bits per heavy atom. The molecule has 1 N–H and O–H groups in total. The zero-order valence-corrected chi connectivity index (χ0v) is 16.4. The van der Waals surface area contributed by atoms with Crippen molar-refractivity contribution in [3.63, 3.8) is 0 Å². The van der Waals surface area contributed by atoms with Crippen molar-refractivity contribution >= 4 is 11.6 Å². The van der Waals surface area contributed by atoms with Gasteiger partial charge in [0.15, 0.2) is 18.1 Å². The quantitative estimate of drug-likeness (QED) is 0.634. The molecule has 0 atom stereocenters. The van der Waals surface area contributed by atoms with Crippen molar-refractivity contribution in [3.8, 4) is 17.2 Å². The van der Waals surface area contributed by atoms with E-state index in [0.29, 0.717) is 23.8 Å². The van der Waals surface area contributed by atoms with Gasteiger partial charge in [-0.2, -0.15) is 5.10 Å². The SMILES string of the molecule is CCCOc1ccccc1OCC(=O)Nc1c(C)nn(-c2ccccc2)c1C. The fourth-order valence-corrected chi connectivity index (χ4v) is 2.86.